The van der Waals surface area contributed by atoms with Gasteiger partial charge in [-0.3, -0.25) is 9.89 Å². The Hall–Kier alpha value is -0.500. The Morgan fingerprint density at radius 1 is 1.29 bits per heavy atom. The maximum atomic E-state index is 5.70. The van der Waals surface area contributed by atoms with Crippen LogP contribution in [0.25, 0.3) is 0 Å². The Bertz CT molecular complexity index is 403. The van der Waals surface area contributed by atoms with Gasteiger partial charge in [-0.15, -0.1) is 0 Å². The van der Waals surface area contributed by atoms with Crippen molar-refractivity contribution in [3.05, 3.63) is 0 Å². The van der Waals surface area contributed by atoms with Crippen LogP contribution in [0.5, 0.6) is 0 Å². The Kier molecular flexibility index (Phi) is 7.06. The molecule has 0 aliphatic carbocycles. The van der Waals surface area contributed by atoms with E-state index in [0.29, 0.717) is 6.10 Å². The third-order valence-corrected chi connectivity index (χ3v) is 6.40. The number of morpholine rings is 1. The van der Waals surface area contributed by atoms with E-state index < -0.39 is 0 Å². The SMILES string of the molecule is CCNC(=NCC1(N2CCOCC2)CCSC1)NCC1CCCO1. The molecule has 7 heteroatoms. The summed E-state index contributed by atoms with van der Waals surface area (Å²) >= 11 is 2.06. The molecular formula is C17H32N4O2S. The molecule has 0 spiro atoms. The van der Waals surface area contributed by atoms with Gasteiger partial charge in [0.1, 0.15) is 0 Å². The van der Waals surface area contributed by atoms with Crippen LogP contribution in [0.2, 0.25) is 0 Å². The van der Waals surface area contributed by atoms with E-state index in [-0.39, 0.29) is 5.54 Å². The van der Waals surface area contributed by atoms with Crippen LogP contribution in [-0.4, -0.2) is 86.6 Å². The number of hydrogen-bond donors (Lipinski definition) is 2. The molecule has 0 aromatic carbocycles. The number of rotatable bonds is 6. The zero-order valence-electron chi connectivity index (χ0n) is 14.9. The first kappa shape index (κ1) is 18.3. The van der Waals surface area contributed by atoms with Gasteiger partial charge in [-0.1, -0.05) is 0 Å². The van der Waals surface area contributed by atoms with Crippen LogP contribution in [0.4, 0.5) is 0 Å². The van der Waals surface area contributed by atoms with E-state index in [4.69, 9.17) is 14.5 Å². The predicted octanol–water partition coefficient (Wildman–Crippen LogP) is 0.928. The van der Waals surface area contributed by atoms with Gasteiger partial charge in [-0.05, 0) is 31.9 Å². The molecule has 3 aliphatic heterocycles. The molecule has 3 rings (SSSR count). The van der Waals surface area contributed by atoms with Crippen LogP contribution in [0, 0.1) is 0 Å². The van der Waals surface area contributed by atoms with E-state index in [1.54, 1.807) is 0 Å². The van der Waals surface area contributed by atoms with E-state index in [9.17, 15) is 0 Å². The van der Waals surface area contributed by atoms with Gasteiger partial charge in [-0.25, -0.2) is 0 Å². The summed E-state index contributed by atoms with van der Waals surface area (Å²) in [5.74, 6) is 3.35. The summed E-state index contributed by atoms with van der Waals surface area (Å²) in [7, 11) is 0. The largest absolute Gasteiger partial charge is 0.379 e. The number of ether oxygens (including phenoxy) is 2. The Labute approximate surface area is 150 Å². The summed E-state index contributed by atoms with van der Waals surface area (Å²) in [6.45, 7) is 9.40. The highest BCUT2D eigenvalue weighted by Gasteiger charge is 2.40. The van der Waals surface area contributed by atoms with Crippen LogP contribution in [0.15, 0.2) is 4.99 Å². The topological polar surface area (TPSA) is 58.1 Å². The highest BCUT2D eigenvalue weighted by molar-refractivity contribution is 7.99. The van der Waals surface area contributed by atoms with Crippen LogP contribution in [0.3, 0.4) is 0 Å². The lowest BCUT2D eigenvalue weighted by Gasteiger charge is -2.42. The third kappa shape index (κ3) is 4.77. The highest BCUT2D eigenvalue weighted by Crippen LogP contribution is 2.34. The lowest BCUT2D eigenvalue weighted by Crippen LogP contribution is -2.56. The Balaban J connectivity index is 1.59. The van der Waals surface area contributed by atoms with Crippen LogP contribution < -0.4 is 10.6 Å². The van der Waals surface area contributed by atoms with Crippen molar-refractivity contribution >= 4 is 17.7 Å². The number of aliphatic imine (C=N–C) groups is 1. The maximum Gasteiger partial charge on any atom is 0.191 e. The van der Waals surface area contributed by atoms with E-state index in [1.807, 2.05) is 0 Å². The first-order valence-corrected chi connectivity index (χ1v) is 10.5. The molecule has 24 heavy (non-hydrogen) atoms. The summed E-state index contributed by atoms with van der Waals surface area (Å²) < 4.78 is 11.2. The van der Waals surface area contributed by atoms with E-state index in [0.717, 1.165) is 64.9 Å². The molecule has 3 fully saturated rings. The van der Waals surface area contributed by atoms with Crippen molar-refractivity contribution < 1.29 is 9.47 Å². The summed E-state index contributed by atoms with van der Waals surface area (Å²) in [5, 5.41) is 6.85. The summed E-state index contributed by atoms with van der Waals surface area (Å²) in [5.41, 5.74) is 0.209. The molecule has 0 aromatic rings. The van der Waals surface area contributed by atoms with E-state index in [2.05, 4.69) is 34.2 Å². The molecule has 6 nitrogen and oxygen atoms in total. The minimum Gasteiger partial charge on any atom is -0.379 e. The minimum absolute atomic E-state index is 0.209. The lowest BCUT2D eigenvalue weighted by molar-refractivity contribution is -0.0104. The maximum absolute atomic E-state index is 5.70. The average Bonchev–Trinajstić information content (AvgIpc) is 3.31. The molecule has 3 saturated heterocycles. The van der Waals surface area contributed by atoms with Crippen LogP contribution in [-0.2, 0) is 9.47 Å². The molecule has 0 saturated carbocycles. The first-order chi connectivity index (χ1) is 11.8. The van der Waals surface area contributed by atoms with Gasteiger partial charge in [0.15, 0.2) is 5.96 Å². The molecule has 2 unspecified atom stereocenters. The number of nitrogens with one attached hydrogen (secondary N) is 2. The number of nitrogens with zero attached hydrogens (tertiary/aromatic N) is 2. The van der Waals surface area contributed by atoms with Gasteiger partial charge < -0.3 is 20.1 Å². The van der Waals surface area contributed by atoms with Crippen molar-refractivity contribution in [3.63, 3.8) is 0 Å². The quantitative estimate of drug-likeness (QED) is 0.545. The molecule has 0 amide bonds. The Morgan fingerprint density at radius 2 is 2.17 bits per heavy atom. The van der Waals surface area contributed by atoms with Crippen molar-refractivity contribution in [2.24, 2.45) is 4.99 Å². The molecule has 0 aromatic heterocycles. The van der Waals surface area contributed by atoms with Crippen LogP contribution in [0.1, 0.15) is 26.2 Å². The van der Waals surface area contributed by atoms with Gasteiger partial charge in [0.05, 0.1) is 31.4 Å². The van der Waals surface area contributed by atoms with Crippen molar-refractivity contribution in [2.75, 3.05) is 64.1 Å². The number of hydrogen-bond acceptors (Lipinski definition) is 5. The fourth-order valence-electron chi connectivity index (χ4n) is 3.69. The normalized spacial score (nSPS) is 32.2. The summed E-state index contributed by atoms with van der Waals surface area (Å²) in [4.78, 5) is 7.56. The lowest BCUT2D eigenvalue weighted by atomic mass is 9.96. The van der Waals surface area contributed by atoms with Crippen molar-refractivity contribution in [3.8, 4) is 0 Å². The van der Waals surface area contributed by atoms with Gasteiger partial charge >= 0.3 is 0 Å². The van der Waals surface area contributed by atoms with Crippen LogP contribution >= 0.6 is 11.8 Å². The molecule has 3 heterocycles. The molecule has 0 bridgehead atoms. The fourth-order valence-corrected chi connectivity index (χ4v) is 5.16. The van der Waals surface area contributed by atoms with Gasteiger partial charge in [0, 0.05) is 38.5 Å². The molecular weight excluding hydrogens is 324 g/mol. The monoisotopic (exact) mass is 356 g/mol. The summed E-state index contributed by atoms with van der Waals surface area (Å²) in [6.07, 6.45) is 3.90. The Morgan fingerprint density at radius 3 is 2.83 bits per heavy atom. The molecule has 2 N–H and O–H groups in total. The third-order valence-electron chi connectivity index (χ3n) is 5.16. The van der Waals surface area contributed by atoms with Crippen molar-refractivity contribution in [1.29, 1.82) is 0 Å². The van der Waals surface area contributed by atoms with Gasteiger partial charge in [-0.2, -0.15) is 11.8 Å². The zero-order valence-corrected chi connectivity index (χ0v) is 15.7. The standard InChI is InChI=1S/C17H32N4O2S/c1-2-18-16(19-12-15-4-3-8-23-15)20-13-17(5-11-24-14-17)21-6-9-22-10-7-21/h15H,2-14H2,1H3,(H2,18,19,20). The first-order valence-electron chi connectivity index (χ1n) is 9.37. The highest BCUT2D eigenvalue weighted by atomic mass is 32.2. The van der Waals surface area contributed by atoms with Crippen molar-refractivity contribution in [2.45, 2.75) is 37.8 Å². The molecule has 0 radical (unpaired) electrons. The minimum atomic E-state index is 0.209. The number of guanidine groups is 1. The van der Waals surface area contributed by atoms with Gasteiger partial charge in [0.25, 0.3) is 0 Å². The fraction of sp³-hybridized carbons (Fsp3) is 0.941. The molecule has 3 aliphatic rings. The smallest absolute Gasteiger partial charge is 0.191 e. The summed E-state index contributed by atoms with van der Waals surface area (Å²) in [6, 6.07) is 0. The predicted molar refractivity (Wildman–Crippen MR) is 100 cm³/mol. The molecule has 2 atom stereocenters. The second-order valence-electron chi connectivity index (χ2n) is 6.84. The second kappa shape index (κ2) is 9.27. The zero-order chi connectivity index (χ0) is 16.7. The van der Waals surface area contributed by atoms with E-state index >= 15 is 0 Å². The van der Waals surface area contributed by atoms with Gasteiger partial charge in [0.2, 0.25) is 0 Å². The average molecular weight is 357 g/mol. The second-order valence-corrected chi connectivity index (χ2v) is 7.94. The van der Waals surface area contributed by atoms with Crippen molar-refractivity contribution in [1.82, 2.24) is 15.5 Å². The molecule has 138 valence electrons. The number of thioether (sulfide) groups is 1. The van der Waals surface area contributed by atoms with E-state index in [1.165, 1.54) is 24.3 Å².